The van der Waals surface area contributed by atoms with Gasteiger partial charge in [0.05, 0.1) is 12.4 Å². The fourth-order valence-corrected chi connectivity index (χ4v) is 2.37. The predicted molar refractivity (Wildman–Crippen MR) is 62.9 cm³/mol. The van der Waals surface area contributed by atoms with Crippen molar-refractivity contribution < 1.29 is 13.2 Å². The molecule has 0 aromatic carbocycles. The fourth-order valence-electron chi connectivity index (χ4n) is 1.09. The molecule has 0 bridgehead atoms. The first kappa shape index (κ1) is 15.2. The predicted octanol–water partition coefficient (Wildman–Crippen LogP) is 1.30. The number of nitrogens with zero attached hydrogens (tertiary/aromatic N) is 1. The smallest absolute Gasteiger partial charge is 0.216 e. The molecule has 0 heterocycles. The lowest BCUT2D eigenvalue weighted by atomic mass is 10.2. The van der Waals surface area contributed by atoms with Gasteiger partial charge < -0.3 is 4.74 Å². The van der Waals surface area contributed by atoms with E-state index in [1.54, 1.807) is 7.05 Å². The average Bonchev–Trinajstić information content (AvgIpc) is 2.21. The van der Waals surface area contributed by atoms with Crippen molar-refractivity contribution in [2.24, 2.45) is 0 Å². The number of alkyl halides is 1. The fraction of sp³-hybridized carbons (Fsp3) is 1.00. The minimum absolute atomic E-state index is 0.0511. The van der Waals surface area contributed by atoms with Crippen LogP contribution in [0.15, 0.2) is 0 Å². The van der Waals surface area contributed by atoms with Crippen LogP contribution in [0, 0.1) is 0 Å². The number of sulfonamides is 1. The van der Waals surface area contributed by atoms with Crippen molar-refractivity contribution in [3.63, 3.8) is 0 Å². The molecule has 0 saturated heterocycles. The summed E-state index contributed by atoms with van der Waals surface area (Å²) in [5.41, 5.74) is 0. The van der Waals surface area contributed by atoms with Crippen LogP contribution in [0.5, 0.6) is 0 Å². The Morgan fingerprint density at radius 2 is 1.93 bits per heavy atom. The summed E-state index contributed by atoms with van der Waals surface area (Å²) in [5, 5.41) is 0. The van der Waals surface area contributed by atoms with Crippen molar-refractivity contribution in [3.05, 3.63) is 0 Å². The molecule has 0 saturated carbocycles. The number of halogens is 1. The lowest BCUT2D eigenvalue weighted by Crippen LogP contribution is -2.31. The number of hydrogen-bond donors (Lipinski definition) is 0. The Balaban J connectivity index is 3.81. The van der Waals surface area contributed by atoms with Crippen LogP contribution in [0.4, 0.5) is 0 Å². The Kier molecular flexibility index (Phi) is 8.42. The van der Waals surface area contributed by atoms with Crippen LogP contribution >= 0.6 is 11.6 Å². The highest BCUT2D eigenvalue weighted by Gasteiger charge is 2.16. The zero-order valence-corrected chi connectivity index (χ0v) is 11.0. The normalized spacial score (nSPS) is 12.3. The van der Waals surface area contributed by atoms with Gasteiger partial charge in [-0.3, -0.25) is 0 Å². The second kappa shape index (κ2) is 8.33. The maximum atomic E-state index is 11.6. The molecular weight excluding hydrogens is 238 g/mol. The molecule has 0 unspecified atom stereocenters. The quantitative estimate of drug-likeness (QED) is 0.462. The third kappa shape index (κ3) is 7.11. The second-order valence-corrected chi connectivity index (χ2v) is 5.95. The number of rotatable bonds is 9. The van der Waals surface area contributed by atoms with Crippen LogP contribution in [-0.4, -0.2) is 51.7 Å². The van der Waals surface area contributed by atoms with Gasteiger partial charge in [-0.1, -0.05) is 6.42 Å². The molecule has 15 heavy (non-hydrogen) atoms. The highest BCUT2D eigenvalue weighted by Crippen LogP contribution is 2.03. The molecule has 6 heteroatoms. The van der Waals surface area contributed by atoms with E-state index in [4.69, 9.17) is 16.3 Å². The van der Waals surface area contributed by atoms with Crippen LogP contribution < -0.4 is 0 Å². The van der Waals surface area contributed by atoms with Gasteiger partial charge in [0, 0.05) is 26.6 Å². The first-order valence-electron chi connectivity index (χ1n) is 5.03. The largest absolute Gasteiger partial charge is 0.384 e. The maximum absolute atomic E-state index is 11.6. The minimum atomic E-state index is -3.13. The number of unbranched alkanes of at least 4 members (excludes halogenated alkanes) is 2. The minimum Gasteiger partial charge on any atom is -0.384 e. The van der Waals surface area contributed by atoms with Crippen molar-refractivity contribution >= 4 is 21.6 Å². The molecule has 0 aromatic heterocycles. The van der Waals surface area contributed by atoms with Crippen molar-refractivity contribution in [1.29, 1.82) is 0 Å². The SMILES string of the molecule is COCCS(=O)(=O)N(C)CCCCCCl. The zero-order chi connectivity index (χ0) is 11.7. The Labute approximate surface area is 97.6 Å². The summed E-state index contributed by atoms with van der Waals surface area (Å²) in [4.78, 5) is 0. The molecule has 0 aliphatic heterocycles. The van der Waals surface area contributed by atoms with Crippen LogP contribution in [0.2, 0.25) is 0 Å². The topological polar surface area (TPSA) is 46.6 Å². The molecule has 0 aliphatic rings. The van der Waals surface area contributed by atoms with Gasteiger partial charge in [-0.05, 0) is 12.8 Å². The van der Waals surface area contributed by atoms with Gasteiger partial charge in [-0.25, -0.2) is 12.7 Å². The number of hydrogen-bond acceptors (Lipinski definition) is 3. The van der Waals surface area contributed by atoms with Crippen molar-refractivity contribution in [3.8, 4) is 0 Å². The lowest BCUT2D eigenvalue weighted by Gasteiger charge is -2.16. The first-order chi connectivity index (χ1) is 7.04. The van der Waals surface area contributed by atoms with Gasteiger partial charge >= 0.3 is 0 Å². The van der Waals surface area contributed by atoms with Gasteiger partial charge in [0.2, 0.25) is 10.0 Å². The summed E-state index contributed by atoms with van der Waals surface area (Å²) in [7, 11) is -0.0354. The zero-order valence-electron chi connectivity index (χ0n) is 9.41. The summed E-state index contributed by atoms with van der Waals surface area (Å²) in [6.45, 7) is 0.803. The molecule has 0 rings (SSSR count). The van der Waals surface area contributed by atoms with Gasteiger partial charge in [0.25, 0.3) is 0 Å². The van der Waals surface area contributed by atoms with Gasteiger partial charge in [0.1, 0.15) is 0 Å². The third-order valence-corrected chi connectivity index (χ3v) is 4.21. The Bertz CT molecular complexity index is 244. The van der Waals surface area contributed by atoms with E-state index in [0.717, 1.165) is 19.3 Å². The van der Waals surface area contributed by atoms with Gasteiger partial charge in [0.15, 0.2) is 0 Å². The molecule has 0 fully saturated rings. The standard InChI is InChI=1S/C9H20ClNO3S/c1-11(7-5-3-4-6-10)15(12,13)9-8-14-2/h3-9H2,1-2H3. The van der Waals surface area contributed by atoms with E-state index < -0.39 is 10.0 Å². The van der Waals surface area contributed by atoms with Crippen molar-refractivity contribution in [2.45, 2.75) is 19.3 Å². The summed E-state index contributed by atoms with van der Waals surface area (Å²) in [6, 6.07) is 0. The second-order valence-electron chi connectivity index (χ2n) is 3.38. The average molecular weight is 258 g/mol. The Morgan fingerprint density at radius 3 is 2.47 bits per heavy atom. The summed E-state index contributed by atoms with van der Waals surface area (Å²) >= 11 is 5.53. The van der Waals surface area contributed by atoms with Gasteiger partial charge in [-0.15, -0.1) is 11.6 Å². The van der Waals surface area contributed by atoms with E-state index in [2.05, 4.69) is 0 Å². The summed E-state index contributed by atoms with van der Waals surface area (Å²) < 4.78 is 29.3. The highest BCUT2D eigenvalue weighted by molar-refractivity contribution is 7.89. The summed E-state index contributed by atoms with van der Waals surface area (Å²) in [5.74, 6) is 0.690. The highest BCUT2D eigenvalue weighted by atomic mass is 35.5. The van der Waals surface area contributed by atoms with E-state index in [-0.39, 0.29) is 12.4 Å². The monoisotopic (exact) mass is 257 g/mol. The molecule has 0 aliphatic carbocycles. The third-order valence-electron chi connectivity index (χ3n) is 2.13. The molecule has 0 radical (unpaired) electrons. The molecule has 4 nitrogen and oxygen atoms in total. The Hall–Kier alpha value is 0.160. The molecule has 0 N–H and O–H groups in total. The first-order valence-corrected chi connectivity index (χ1v) is 7.18. The van der Waals surface area contributed by atoms with E-state index in [9.17, 15) is 8.42 Å². The molecule has 0 amide bonds. The van der Waals surface area contributed by atoms with Crippen LogP contribution in [0.1, 0.15) is 19.3 Å². The van der Waals surface area contributed by atoms with E-state index in [1.165, 1.54) is 11.4 Å². The van der Waals surface area contributed by atoms with E-state index >= 15 is 0 Å². The van der Waals surface area contributed by atoms with Crippen LogP contribution in [0.3, 0.4) is 0 Å². The van der Waals surface area contributed by atoms with E-state index in [1.807, 2.05) is 0 Å². The maximum Gasteiger partial charge on any atom is 0.216 e. The van der Waals surface area contributed by atoms with E-state index in [0.29, 0.717) is 12.4 Å². The molecular formula is C9H20ClNO3S. The molecule has 92 valence electrons. The van der Waals surface area contributed by atoms with Crippen molar-refractivity contribution in [2.75, 3.05) is 38.9 Å². The van der Waals surface area contributed by atoms with Crippen LogP contribution in [0.25, 0.3) is 0 Å². The number of methoxy groups -OCH3 is 1. The Morgan fingerprint density at radius 1 is 1.27 bits per heavy atom. The summed E-state index contributed by atoms with van der Waals surface area (Å²) in [6.07, 6.45) is 2.76. The number of ether oxygens (including phenoxy) is 1. The molecule has 0 atom stereocenters. The van der Waals surface area contributed by atoms with Crippen LogP contribution in [-0.2, 0) is 14.8 Å². The van der Waals surface area contributed by atoms with Gasteiger partial charge in [-0.2, -0.15) is 0 Å². The molecule has 0 aromatic rings. The molecule has 0 spiro atoms. The van der Waals surface area contributed by atoms with Crippen molar-refractivity contribution in [1.82, 2.24) is 4.31 Å². The lowest BCUT2D eigenvalue weighted by molar-refractivity contribution is 0.215.